The third-order valence-electron chi connectivity index (χ3n) is 4.29. The molecule has 0 bridgehead atoms. The summed E-state index contributed by atoms with van der Waals surface area (Å²) in [5.74, 6) is -0.827. The molecule has 0 aliphatic heterocycles. The lowest BCUT2D eigenvalue weighted by molar-refractivity contribution is -0.144. The predicted molar refractivity (Wildman–Crippen MR) is 118 cm³/mol. The van der Waals surface area contributed by atoms with Gasteiger partial charge in [0.2, 0.25) is 6.16 Å². The lowest BCUT2D eigenvalue weighted by Crippen LogP contribution is -2.38. The molecular weight excluding hydrogens is 417 g/mol. The summed E-state index contributed by atoms with van der Waals surface area (Å²) in [6, 6.07) is 18.7. The molecule has 8 heteroatoms. The lowest BCUT2D eigenvalue weighted by Gasteiger charge is -2.12. The average molecular weight is 446 g/mol. The Morgan fingerprint density at radius 1 is 1.00 bits per heavy atom. The minimum atomic E-state index is -2.05. The van der Waals surface area contributed by atoms with Crippen molar-refractivity contribution in [2.75, 3.05) is 25.9 Å². The molecule has 0 aliphatic carbocycles. The van der Waals surface area contributed by atoms with Gasteiger partial charge in [-0.3, -0.25) is 9.59 Å². The zero-order chi connectivity index (χ0) is 22.3. The van der Waals surface area contributed by atoms with Crippen molar-refractivity contribution in [3.63, 3.8) is 0 Å². The van der Waals surface area contributed by atoms with Gasteiger partial charge in [-0.15, -0.1) is 4.52 Å². The van der Waals surface area contributed by atoms with Gasteiger partial charge in [-0.05, 0) is 22.6 Å². The Morgan fingerprint density at radius 2 is 1.65 bits per heavy atom. The van der Waals surface area contributed by atoms with E-state index in [1.807, 2.05) is 67.6 Å². The van der Waals surface area contributed by atoms with Gasteiger partial charge in [0.1, 0.15) is 6.61 Å². The first-order valence-electron chi connectivity index (χ1n) is 10.3. The maximum Gasteiger partial charge on any atom is 0.511 e. The van der Waals surface area contributed by atoms with Crippen LogP contribution in [0.3, 0.4) is 0 Å². The molecule has 0 saturated heterocycles. The zero-order valence-corrected chi connectivity index (χ0v) is 18.6. The van der Waals surface area contributed by atoms with Crippen molar-refractivity contribution in [2.45, 2.75) is 32.5 Å². The molecule has 0 spiro atoms. The summed E-state index contributed by atoms with van der Waals surface area (Å²) >= 11 is 0. The molecule has 2 rings (SSSR count). The maximum absolute atomic E-state index is 12.6. The zero-order valence-electron chi connectivity index (χ0n) is 17.7. The lowest BCUT2D eigenvalue weighted by atomic mass is 10.1. The van der Waals surface area contributed by atoms with E-state index in [0.29, 0.717) is 13.2 Å². The summed E-state index contributed by atoms with van der Waals surface area (Å²) in [5.41, 5.74) is 1.78. The second-order valence-electron chi connectivity index (χ2n) is 6.72. The number of amides is 1. The Kier molecular flexibility index (Phi) is 11.5. The normalized spacial score (nSPS) is 12.1. The van der Waals surface area contributed by atoms with Crippen LogP contribution in [0.15, 0.2) is 60.7 Å². The largest absolute Gasteiger partial charge is 0.511 e. The third-order valence-corrected chi connectivity index (χ3v) is 5.33. The van der Waals surface area contributed by atoms with Crippen LogP contribution in [0.25, 0.3) is 0 Å². The maximum atomic E-state index is 12.6. The van der Waals surface area contributed by atoms with Crippen LogP contribution < -0.4 is 5.32 Å². The summed E-state index contributed by atoms with van der Waals surface area (Å²) < 4.78 is 28.1. The molecule has 2 aromatic carbocycles. The van der Waals surface area contributed by atoms with E-state index in [2.05, 4.69) is 5.32 Å². The van der Waals surface area contributed by atoms with Crippen LogP contribution in [0, 0.1) is 0 Å². The molecule has 31 heavy (non-hydrogen) atoms. The molecule has 1 N–H and O–H groups in total. The molecule has 7 nitrogen and oxygen atoms in total. The van der Waals surface area contributed by atoms with E-state index in [-0.39, 0.29) is 32.2 Å². The highest BCUT2D eigenvalue weighted by atomic mass is 31.1. The Bertz CT molecular complexity index is 815. The van der Waals surface area contributed by atoms with E-state index in [1.165, 1.54) is 0 Å². The number of ether oxygens (including phenoxy) is 2. The topological polar surface area (TPSA) is 90.9 Å². The first-order valence-corrected chi connectivity index (χ1v) is 11.6. The van der Waals surface area contributed by atoms with Gasteiger partial charge in [-0.2, -0.15) is 0 Å². The van der Waals surface area contributed by atoms with Crippen molar-refractivity contribution in [3.05, 3.63) is 71.8 Å². The first kappa shape index (κ1) is 24.7. The molecule has 0 saturated carbocycles. The number of nitrogens with one attached hydrogen (secondary N) is 1. The van der Waals surface area contributed by atoms with Gasteiger partial charge in [-0.1, -0.05) is 60.7 Å². The minimum Gasteiger partial charge on any atom is -0.461 e. The predicted octanol–water partition coefficient (Wildman–Crippen LogP) is 3.64. The number of esters is 1. The van der Waals surface area contributed by atoms with E-state index in [0.717, 1.165) is 11.1 Å². The molecule has 0 heterocycles. The fraction of sp³-hybridized carbons (Fsp3) is 0.391. The van der Waals surface area contributed by atoms with Crippen molar-refractivity contribution >= 4 is 19.9 Å². The minimum absolute atomic E-state index is 0.0348. The highest BCUT2D eigenvalue weighted by Crippen LogP contribution is 2.26. The number of hydrogen-bond acceptors (Lipinski definition) is 6. The quantitative estimate of drug-likeness (QED) is 0.271. The molecule has 2 atom stereocenters. The van der Waals surface area contributed by atoms with Gasteiger partial charge in [0.25, 0.3) is 5.91 Å². The molecule has 1 amide bonds. The molecule has 0 aromatic heterocycles. The average Bonchev–Trinajstić information content (AvgIpc) is 2.79. The van der Waals surface area contributed by atoms with Crippen molar-refractivity contribution in [1.29, 1.82) is 0 Å². The van der Waals surface area contributed by atoms with Gasteiger partial charge >= 0.3 is 14.0 Å². The highest BCUT2D eigenvalue weighted by Gasteiger charge is 2.30. The Morgan fingerprint density at radius 3 is 2.29 bits per heavy atom. The van der Waals surface area contributed by atoms with Crippen molar-refractivity contribution < 1.29 is 28.2 Å². The Balaban J connectivity index is 1.81. The molecular formula is C23H29NO6P+. The summed E-state index contributed by atoms with van der Waals surface area (Å²) in [6.07, 6.45) is -0.394. The number of carbonyl (C=O) groups is 2. The van der Waals surface area contributed by atoms with E-state index >= 15 is 0 Å². The molecule has 0 fully saturated rings. The number of benzene rings is 2. The monoisotopic (exact) mass is 446 g/mol. The van der Waals surface area contributed by atoms with Crippen LogP contribution in [0.4, 0.5) is 0 Å². The second kappa shape index (κ2) is 14.4. The van der Waals surface area contributed by atoms with E-state index < -0.39 is 26.0 Å². The number of rotatable bonds is 14. The van der Waals surface area contributed by atoms with Gasteiger partial charge in [0.05, 0.1) is 13.0 Å². The van der Waals surface area contributed by atoms with Crippen LogP contribution in [0.5, 0.6) is 0 Å². The van der Waals surface area contributed by atoms with Crippen LogP contribution in [0.2, 0.25) is 0 Å². The van der Waals surface area contributed by atoms with Crippen LogP contribution in [-0.2, 0) is 41.2 Å². The summed E-state index contributed by atoms with van der Waals surface area (Å²) in [7, 11) is -2.05. The molecule has 0 radical (unpaired) electrons. The second-order valence-corrected chi connectivity index (χ2v) is 8.05. The molecule has 1 unspecified atom stereocenters. The van der Waals surface area contributed by atoms with Gasteiger partial charge in [0, 0.05) is 19.6 Å². The van der Waals surface area contributed by atoms with Gasteiger partial charge < -0.3 is 14.8 Å². The molecule has 0 aliphatic rings. The van der Waals surface area contributed by atoms with Gasteiger partial charge in [0.15, 0.2) is 6.10 Å². The molecule has 2 aromatic rings. The summed E-state index contributed by atoms with van der Waals surface area (Å²) in [5, 5.41) is 2.68. The fourth-order valence-electron chi connectivity index (χ4n) is 2.70. The number of carbonyl (C=O) groups excluding carboxylic acids is 2. The summed E-state index contributed by atoms with van der Waals surface area (Å²) in [4.78, 5) is 24.5. The SMILES string of the molecule is CCOCC[P+](=O)O[C@@H](Cc1ccccc1)C(=O)NCCC(=O)OCc1ccccc1. The van der Waals surface area contributed by atoms with Crippen molar-refractivity contribution in [1.82, 2.24) is 5.32 Å². The van der Waals surface area contributed by atoms with Crippen molar-refractivity contribution in [2.24, 2.45) is 0 Å². The van der Waals surface area contributed by atoms with E-state index in [1.54, 1.807) is 0 Å². The highest BCUT2D eigenvalue weighted by molar-refractivity contribution is 7.39. The van der Waals surface area contributed by atoms with Crippen LogP contribution in [0.1, 0.15) is 24.5 Å². The standard InChI is InChI=1S/C23H28NO6P/c1-2-28-15-16-31(27)30-21(17-19-9-5-3-6-10-19)23(26)24-14-13-22(25)29-18-20-11-7-4-8-12-20/h3-12,21H,2,13-18H2,1H3/p+1/t21-/m0/s1. The van der Waals surface area contributed by atoms with Gasteiger partial charge in [-0.25, -0.2) is 0 Å². The van der Waals surface area contributed by atoms with E-state index in [9.17, 15) is 14.2 Å². The summed E-state index contributed by atoms with van der Waals surface area (Å²) in [6.45, 7) is 2.98. The van der Waals surface area contributed by atoms with E-state index in [4.69, 9.17) is 14.0 Å². The van der Waals surface area contributed by atoms with Crippen LogP contribution >= 0.6 is 8.03 Å². The molecule has 166 valence electrons. The van der Waals surface area contributed by atoms with Crippen molar-refractivity contribution in [3.8, 4) is 0 Å². The Hall–Kier alpha value is -2.60. The third kappa shape index (κ3) is 10.3. The first-order chi connectivity index (χ1) is 15.1. The smallest absolute Gasteiger partial charge is 0.461 e. The fourth-order valence-corrected chi connectivity index (χ4v) is 3.53. The van der Waals surface area contributed by atoms with Crippen LogP contribution in [-0.4, -0.2) is 43.9 Å². The Labute approximate surface area is 184 Å². The number of hydrogen-bond donors (Lipinski definition) is 1.